The molecule has 3 aromatic carbocycles. The molecule has 0 heterocycles. The van der Waals surface area contributed by atoms with Crippen molar-refractivity contribution in [2.75, 3.05) is 6.16 Å². The van der Waals surface area contributed by atoms with Gasteiger partial charge in [0.25, 0.3) is 0 Å². The van der Waals surface area contributed by atoms with Gasteiger partial charge in [0.2, 0.25) is 0 Å². The molecule has 142 valence electrons. The van der Waals surface area contributed by atoms with E-state index in [-0.39, 0.29) is 0 Å². The van der Waals surface area contributed by atoms with E-state index in [1.807, 2.05) is 0 Å². The van der Waals surface area contributed by atoms with Crippen LogP contribution in [0.5, 0.6) is 0 Å². The zero-order valence-corrected chi connectivity index (χ0v) is 17.6. The molecule has 3 aromatic rings. The van der Waals surface area contributed by atoms with Crippen LogP contribution < -0.4 is 15.9 Å². The SMILES string of the molecule is CCCCCCCC[PH](c1ccccc1)(c1ccccc1)c1ccccc1. The van der Waals surface area contributed by atoms with Crippen LogP contribution in [0.4, 0.5) is 0 Å². The second-order valence-corrected chi connectivity index (χ2v) is 11.6. The summed E-state index contributed by atoms with van der Waals surface area (Å²) in [6.45, 7) is 2.29. The molecule has 27 heavy (non-hydrogen) atoms. The maximum atomic E-state index is 2.36. The van der Waals surface area contributed by atoms with Gasteiger partial charge in [-0.2, -0.15) is 0 Å². The van der Waals surface area contributed by atoms with Gasteiger partial charge in [0.1, 0.15) is 0 Å². The summed E-state index contributed by atoms with van der Waals surface area (Å²) >= 11 is 0. The fraction of sp³-hybridized carbons (Fsp3) is 0.308. The molecule has 0 aliphatic carbocycles. The van der Waals surface area contributed by atoms with E-state index in [0.29, 0.717) is 0 Å². The summed E-state index contributed by atoms with van der Waals surface area (Å²) in [6, 6.07) is 33.9. The van der Waals surface area contributed by atoms with Crippen molar-refractivity contribution in [1.82, 2.24) is 0 Å². The van der Waals surface area contributed by atoms with E-state index >= 15 is 0 Å². The van der Waals surface area contributed by atoms with E-state index in [1.54, 1.807) is 0 Å². The number of benzene rings is 3. The first-order chi connectivity index (χ1) is 13.4. The molecule has 0 saturated heterocycles. The Hall–Kier alpha value is -1.91. The number of rotatable bonds is 10. The summed E-state index contributed by atoms with van der Waals surface area (Å²) in [5.74, 6) is 0. The van der Waals surface area contributed by atoms with Crippen LogP contribution in [0.25, 0.3) is 0 Å². The number of unbranched alkanes of at least 4 members (excludes halogenated alkanes) is 5. The topological polar surface area (TPSA) is 0 Å². The molecule has 1 heteroatoms. The van der Waals surface area contributed by atoms with Crippen LogP contribution in [0.2, 0.25) is 0 Å². The Kier molecular flexibility index (Phi) is 7.66. The summed E-state index contributed by atoms with van der Waals surface area (Å²) in [5, 5.41) is 4.61. The third-order valence-corrected chi connectivity index (χ3v) is 10.8. The second-order valence-electron chi connectivity index (χ2n) is 7.52. The molecule has 0 atom stereocenters. The van der Waals surface area contributed by atoms with E-state index < -0.39 is 7.26 Å². The standard InChI is InChI=1S/C26H33P/c1-2-3-4-5-6-16-23-27(24-17-10-7-11-18-24,25-19-12-8-13-20-25)26-21-14-9-15-22-26/h7-15,17-22,27H,2-6,16,23H2,1H3. The predicted octanol–water partition coefficient (Wildman–Crippen LogP) is 6.07. The first-order valence-electron chi connectivity index (χ1n) is 10.5. The average molecular weight is 377 g/mol. The Labute approximate surface area is 166 Å². The zero-order valence-electron chi connectivity index (χ0n) is 16.6. The van der Waals surface area contributed by atoms with Crippen LogP contribution in [0.15, 0.2) is 91.0 Å². The molecule has 0 unspecified atom stereocenters. The Morgan fingerprint density at radius 2 is 0.852 bits per heavy atom. The maximum absolute atomic E-state index is 2.36. The number of hydrogen-bond acceptors (Lipinski definition) is 0. The molecule has 0 N–H and O–H groups in total. The van der Waals surface area contributed by atoms with E-state index in [2.05, 4.69) is 97.9 Å². The van der Waals surface area contributed by atoms with E-state index in [0.717, 1.165) is 0 Å². The van der Waals surface area contributed by atoms with Crippen molar-refractivity contribution in [3.05, 3.63) is 91.0 Å². The summed E-state index contributed by atoms with van der Waals surface area (Å²) in [4.78, 5) is 0. The van der Waals surface area contributed by atoms with Crippen molar-refractivity contribution in [1.29, 1.82) is 0 Å². The summed E-state index contributed by atoms with van der Waals surface area (Å²) in [5.41, 5.74) is 0. The Morgan fingerprint density at radius 3 is 1.26 bits per heavy atom. The molecule has 3 rings (SSSR count). The van der Waals surface area contributed by atoms with Crippen molar-refractivity contribution < 1.29 is 0 Å². The van der Waals surface area contributed by atoms with Gasteiger partial charge in [-0.25, -0.2) is 0 Å². The third kappa shape index (κ3) is 4.88. The van der Waals surface area contributed by atoms with Gasteiger partial charge in [0.15, 0.2) is 0 Å². The summed E-state index contributed by atoms with van der Waals surface area (Å²) < 4.78 is 0. The van der Waals surface area contributed by atoms with Crippen molar-refractivity contribution in [3.8, 4) is 0 Å². The van der Waals surface area contributed by atoms with Gasteiger partial charge in [-0.3, -0.25) is 0 Å². The van der Waals surface area contributed by atoms with Crippen LogP contribution in [-0.4, -0.2) is 6.16 Å². The van der Waals surface area contributed by atoms with Crippen LogP contribution in [0.1, 0.15) is 45.4 Å². The molecule has 0 fully saturated rings. The van der Waals surface area contributed by atoms with Gasteiger partial charge >= 0.3 is 166 Å². The molecule has 0 spiro atoms. The fourth-order valence-corrected chi connectivity index (χ4v) is 9.20. The fourth-order valence-electron chi connectivity index (χ4n) is 4.27. The molecule has 0 aliphatic heterocycles. The molecular formula is C26H33P. The molecule has 0 saturated carbocycles. The minimum atomic E-state index is -1.99. The van der Waals surface area contributed by atoms with Gasteiger partial charge in [-0.05, 0) is 0 Å². The van der Waals surface area contributed by atoms with Gasteiger partial charge in [0.05, 0.1) is 0 Å². The normalized spacial score (nSPS) is 12.0. The Balaban J connectivity index is 1.98. The van der Waals surface area contributed by atoms with Crippen molar-refractivity contribution in [3.63, 3.8) is 0 Å². The van der Waals surface area contributed by atoms with Gasteiger partial charge < -0.3 is 0 Å². The molecule has 0 aliphatic rings. The van der Waals surface area contributed by atoms with Crippen LogP contribution >= 0.6 is 7.26 Å². The molecule has 0 nitrogen and oxygen atoms in total. The van der Waals surface area contributed by atoms with Gasteiger partial charge in [-0.15, -0.1) is 0 Å². The zero-order chi connectivity index (χ0) is 18.8. The summed E-state index contributed by atoms with van der Waals surface area (Å²) in [7, 11) is -1.99. The van der Waals surface area contributed by atoms with E-state index in [1.165, 1.54) is 60.6 Å². The molecule has 0 radical (unpaired) electrons. The Morgan fingerprint density at radius 1 is 0.481 bits per heavy atom. The molecule has 0 bridgehead atoms. The Bertz CT molecular complexity index is 668. The van der Waals surface area contributed by atoms with Crippen LogP contribution in [-0.2, 0) is 0 Å². The molecular weight excluding hydrogens is 343 g/mol. The summed E-state index contributed by atoms with van der Waals surface area (Å²) in [6.07, 6.45) is 9.39. The van der Waals surface area contributed by atoms with Crippen molar-refractivity contribution >= 4 is 23.2 Å². The van der Waals surface area contributed by atoms with E-state index in [9.17, 15) is 0 Å². The van der Waals surface area contributed by atoms with Crippen molar-refractivity contribution in [2.24, 2.45) is 0 Å². The third-order valence-electron chi connectivity index (χ3n) is 5.71. The van der Waals surface area contributed by atoms with E-state index in [4.69, 9.17) is 0 Å². The molecule has 0 aromatic heterocycles. The first kappa shape index (κ1) is 19.8. The number of hydrogen-bond donors (Lipinski definition) is 0. The van der Waals surface area contributed by atoms with Gasteiger partial charge in [0, 0.05) is 0 Å². The predicted molar refractivity (Wildman–Crippen MR) is 125 cm³/mol. The monoisotopic (exact) mass is 376 g/mol. The molecule has 0 amide bonds. The van der Waals surface area contributed by atoms with Crippen LogP contribution in [0.3, 0.4) is 0 Å². The van der Waals surface area contributed by atoms with Gasteiger partial charge in [-0.1, -0.05) is 0 Å². The van der Waals surface area contributed by atoms with Crippen molar-refractivity contribution in [2.45, 2.75) is 45.4 Å². The quantitative estimate of drug-likeness (QED) is 0.297. The minimum absolute atomic E-state index is 1.29. The average Bonchev–Trinajstić information content (AvgIpc) is 2.75. The first-order valence-corrected chi connectivity index (χ1v) is 12.7. The van der Waals surface area contributed by atoms with Crippen LogP contribution in [0, 0.1) is 0 Å². The second kappa shape index (κ2) is 10.4.